The van der Waals surface area contributed by atoms with Gasteiger partial charge in [0, 0.05) is 35.1 Å². The molecule has 22 heteroatoms. The summed E-state index contributed by atoms with van der Waals surface area (Å²) < 4.78 is 187. The normalized spacial score (nSPS) is 12.4. The number of phenolic OH excluding ortho intramolecular Hbond substituents is 2. The largest absolute Gasteiger partial charge is 0.506 e. The van der Waals surface area contributed by atoms with Crippen molar-refractivity contribution in [2.75, 3.05) is 28.3 Å². The SMILES string of the molecule is CNc1cc(C(c2ccc(C)c(NC(=O)c3ccc(Oc4ccc(C(=O)Nc5cc(C(c6ccc(C)c(NC(=O)c7ccccc7)c6)(C(F)(F)F)C(F)(F)F)ccc5O)cc4)cc3)c2)(C(F)(F)F)C(F)(F)F)ccc1O. The van der Waals surface area contributed by atoms with Crippen LogP contribution in [0, 0.1) is 13.8 Å². The topological polar surface area (TPSA) is 149 Å². The van der Waals surface area contributed by atoms with Crippen LogP contribution in [-0.2, 0) is 10.8 Å². The fourth-order valence-electron chi connectivity index (χ4n) is 8.44. The molecule has 3 amide bonds. The third-order valence-electron chi connectivity index (χ3n) is 12.4. The van der Waals surface area contributed by atoms with Gasteiger partial charge in [0.2, 0.25) is 10.8 Å². The van der Waals surface area contributed by atoms with Crippen molar-refractivity contribution in [1.29, 1.82) is 0 Å². The molecule has 0 atom stereocenters. The number of rotatable bonds is 13. The third kappa shape index (κ3) is 10.4. The highest BCUT2D eigenvalue weighted by atomic mass is 19.4. The molecule has 0 heterocycles. The van der Waals surface area contributed by atoms with Gasteiger partial charge in [-0.15, -0.1) is 0 Å². The number of benzene rings is 7. The summed E-state index contributed by atoms with van der Waals surface area (Å²) in [5, 5.41) is 29.8. The Hall–Kier alpha value is -8.69. The van der Waals surface area contributed by atoms with E-state index in [1.165, 1.54) is 81.6 Å². The van der Waals surface area contributed by atoms with Crippen LogP contribution in [0.25, 0.3) is 0 Å². The summed E-state index contributed by atoms with van der Waals surface area (Å²) in [6.07, 6.45) is -24.2. The van der Waals surface area contributed by atoms with Gasteiger partial charge in [-0.2, -0.15) is 52.7 Å². The molecule has 0 aromatic heterocycles. The lowest BCUT2D eigenvalue weighted by molar-refractivity contribution is -0.290. The molecule has 0 saturated heterocycles. The summed E-state index contributed by atoms with van der Waals surface area (Å²) >= 11 is 0. The Morgan fingerprint density at radius 1 is 0.395 bits per heavy atom. The Morgan fingerprint density at radius 2 is 0.697 bits per heavy atom. The lowest BCUT2D eigenvalue weighted by atomic mass is 9.72. The first-order valence-corrected chi connectivity index (χ1v) is 22.2. The number of nitrogens with one attached hydrogen (secondary N) is 4. The van der Waals surface area contributed by atoms with Crippen molar-refractivity contribution in [3.8, 4) is 23.0 Å². The average molecular weight is 1070 g/mol. The van der Waals surface area contributed by atoms with Crippen LogP contribution in [-0.4, -0.2) is 59.7 Å². The van der Waals surface area contributed by atoms with Crippen LogP contribution in [0.4, 0.5) is 75.4 Å². The molecule has 0 fully saturated rings. The van der Waals surface area contributed by atoms with E-state index in [1.807, 2.05) is 0 Å². The highest BCUT2D eigenvalue weighted by Crippen LogP contribution is 2.59. The number of aryl methyl sites for hydroxylation is 2. The van der Waals surface area contributed by atoms with Crippen LogP contribution < -0.4 is 26.0 Å². The van der Waals surface area contributed by atoms with E-state index >= 15 is 26.3 Å². The van der Waals surface area contributed by atoms with E-state index in [1.54, 1.807) is 6.07 Å². The highest BCUT2D eigenvalue weighted by molar-refractivity contribution is 6.06. The minimum atomic E-state index is -6.10. The Bertz CT molecular complexity index is 3280. The number of hydrogen-bond donors (Lipinski definition) is 6. The van der Waals surface area contributed by atoms with Gasteiger partial charge >= 0.3 is 24.7 Å². The first-order valence-electron chi connectivity index (χ1n) is 22.2. The number of carbonyl (C=O) groups is 3. The van der Waals surface area contributed by atoms with Crippen molar-refractivity contribution >= 4 is 40.5 Å². The van der Waals surface area contributed by atoms with Gasteiger partial charge in [0.25, 0.3) is 17.7 Å². The first kappa shape index (κ1) is 55.1. The number of aromatic hydroxyl groups is 2. The Kier molecular flexibility index (Phi) is 14.9. The van der Waals surface area contributed by atoms with E-state index in [-0.39, 0.29) is 50.7 Å². The van der Waals surface area contributed by atoms with E-state index in [2.05, 4.69) is 21.3 Å². The van der Waals surface area contributed by atoms with Gasteiger partial charge in [0.15, 0.2) is 0 Å². The molecule has 0 aliphatic rings. The molecule has 7 rings (SSSR count). The Balaban J connectivity index is 1.08. The molecule has 6 N–H and O–H groups in total. The second-order valence-electron chi connectivity index (χ2n) is 17.1. The maximum Gasteiger partial charge on any atom is 0.411 e. The van der Waals surface area contributed by atoms with Gasteiger partial charge in [0.1, 0.15) is 23.0 Å². The average Bonchev–Trinajstić information content (AvgIpc) is 3.38. The zero-order valence-corrected chi connectivity index (χ0v) is 39.5. The van der Waals surface area contributed by atoms with E-state index in [4.69, 9.17) is 4.74 Å². The third-order valence-corrected chi connectivity index (χ3v) is 12.4. The molecule has 0 spiro atoms. The summed E-state index contributed by atoms with van der Waals surface area (Å²) in [6.45, 7) is 2.71. The summed E-state index contributed by atoms with van der Waals surface area (Å²) in [4.78, 5) is 39.6. The summed E-state index contributed by atoms with van der Waals surface area (Å²) in [7, 11) is 1.19. The predicted molar refractivity (Wildman–Crippen MR) is 257 cm³/mol. The van der Waals surface area contributed by atoms with E-state index in [9.17, 15) is 50.9 Å². The monoisotopic (exact) mass is 1070 g/mol. The van der Waals surface area contributed by atoms with Crippen molar-refractivity contribution in [1.82, 2.24) is 0 Å². The Labute approximate surface area is 424 Å². The minimum Gasteiger partial charge on any atom is -0.506 e. The molecule has 0 aliphatic heterocycles. The number of alkyl halides is 12. The molecule has 0 bridgehead atoms. The number of phenols is 2. The molecule has 396 valence electrons. The van der Waals surface area contributed by atoms with Gasteiger partial charge in [-0.05, 0) is 144 Å². The van der Waals surface area contributed by atoms with Crippen LogP contribution in [0.2, 0.25) is 0 Å². The van der Waals surface area contributed by atoms with Crippen molar-refractivity contribution < 1.29 is 82.0 Å². The lowest BCUT2D eigenvalue weighted by Crippen LogP contribution is -2.54. The fourth-order valence-corrected chi connectivity index (χ4v) is 8.44. The summed E-state index contributed by atoms with van der Waals surface area (Å²) in [5.41, 5.74) is -16.7. The van der Waals surface area contributed by atoms with Crippen molar-refractivity contribution in [2.45, 2.75) is 49.4 Å². The zero-order valence-electron chi connectivity index (χ0n) is 39.5. The molecule has 7 aromatic carbocycles. The number of carbonyl (C=O) groups excluding carboxylic acids is 3. The van der Waals surface area contributed by atoms with Crippen molar-refractivity contribution in [3.05, 3.63) is 202 Å². The molecular weight excluding hydrogens is 1030 g/mol. The minimum absolute atomic E-state index is 0.0527. The number of anilines is 4. The zero-order chi connectivity index (χ0) is 55.8. The second-order valence-corrected chi connectivity index (χ2v) is 17.1. The molecule has 0 saturated carbocycles. The standard InChI is InChI=1S/C54H40F12N4O6/c1-29-10-16-35(26-40(29)68-46(73)31-7-5-4-6-8-31)50(53(61,62)63,54(64,65)66)37-18-24-45(72)43(28-37)70-48(75)33-13-21-39(22-14-33)76-38-19-11-32(12-20-38)47(74)69-41-25-34(15-9-30(41)2)49(51(55,56)57,52(58,59)60)36-17-23-44(71)42(27-36)67-3/h4-28,67,71-72H,1-3H3,(H,68,73)(H,69,74)(H,70,75). The molecule has 0 unspecified atom stereocenters. The summed E-state index contributed by atoms with van der Waals surface area (Å²) in [6, 6.07) is 24.5. The van der Waals surface area contributed by atoms with Crippen LogP contribution in [0.5, 0.6) is 23.0 Å². The first-order chi connectivity index (χ1) is 35.5. The van der Waals surface area contributed by atoms with Crippen LogP contribution in [0.15, 0.2) is 152 Å². The maximum atomic E-state index is 15.2. The number of halogens is 12. The Morgan fingerprint density at radius 3 is 1.05 bits per heavy atom. The van der Waals surface area contributed by atoms with Crippen molar-refractivity contribution in [3.63, 3.8) is 0 Å². The van der Waals surface area contributed by atoms with Gasteiger partial charge < -0.3 is 36.2 Å². The van der Waals surface area contributed by atoms with Gasteiger partial charge in [-0.3, -0.25) is 14.4 Å². The van der Waals surface area contributed by atoms with E-state index in [0.29, 0.717) is 60.7 Å². The molecule has 0 aliphatic carbocycles. The summed E-state index contributed by atoms with van der Waals surface area (Å²) in [5.74, 6) is -4.22. The van der Waals surface area contributed by atoms with E-state index < -0.39 is 98.4 Å². The molecule has 0 radical (unpaired) electrons. The van der Waals surface area contributed by atoms with Crippen LogP contribution >= 0.6 is 0 Å². The van der Waals surface area contributed by atoms with Crippen LogP contribution in [0.3, 0.4) is 0 Å². The van der Waals surface area contributed by atoms with Gasteiger partial charge in [0.05, 0.1) is 11.4 Å². The van der Waals surface area contributed by atoms with Crippen LogP contribution in [0.1, 0.15) is 64.5 Å². The lowest BCUT2D eigenvalue weighted by Gasteiger charge is -2.39. The van der Waals surface area contributed by atoms with E-state index in [0.717, 1.165) is 24.3 Å². The maximum absolute atomic E-state index is 15.2. The molecule has 7 aromatic rings. The van der Waals surface area contributed by atoms with Gasteiger partial charge in [-0.1, -0.05) is 54.6 Å². The number of amides is 3. The quantitative estimate of drug-likeness (QED) is 0.0497. The van der Waals surface area contributed by atoms with Gasteiger partial charge in [-0.25, -0.2) is 0 Å². The predicted octanol–water partition coefficient (Wildman–Crippen LogP) is 14.1. The number of hydrogen-bond acceptors (Lipinski definition) is 7. The highest BCUT2D eigenvalue weighted by Gasteiger charge is 2.74. The molecule has 10 nitrogen and oxygen atoms in total. The fraction of sp³-hybridized carbons (Fsp3) is 0.167. The number of ether oxygens (including phenoxy) is 1. The van der Waals surface area contributed by atoms with Crippen molar-refractivity contribution in [2.24, 2.45) is 0 Å². The molecular formula is C54H40F12N4O6. The molecule has 76 heavy (non-hydrogen) atoms. The second kappa shape index (κ2) is 20.6. The smallest absolute Gasteiger partial charge is 0.411 e.